The van der Waals surface area contributed by atoms with Gasteiger partial charge < -0.3 is 10.2 Å². The van der Waals surface area contributed by atoms with Gasteiger partial charge in [0.15, 0.2) is 0 Å². The first-order valence-electron chi connectivity index (χ1n) is 7.62. The first-order valence-corrected chi connectivity index (χ1v) is 7.62. The van der Waals surface area contributed by atoms with Gasteiger partial charge in [0.05, 0.1) is 44.1 Å². The van der Waals surface area contributed by atoms with Gasteiger partial charge in [0.25, 0.3) is 5.56 Å². The van der Waals surface area contributed by atoms with Crippen molar-refractivity contribution in [2.24, 2.45) is 5.10 Å². The molecule has 0 unspecified atom stereocenters. The molecule has 126 valence electrons. The summed E-state index contributed by atoms with van der Waals surface area (Å²) in [7, 11) is 0. The van der Waals surface area contributed by atoms with Crippen LogP contribution in [0.4, 0.5) is 0 Å². The molecule has 3 rings (SSSR count). The number of aromatic amines is 1. The van der Waals surface area contributed by atoms with Crippen molar-refractivity contribution in [3.63, 3.8) is 0 Å². The van der Waals surface area contributed by atoms with Gasteiger partial charge >= 0.3 is 0 Å². The number of aliphatic hydroxyl groups is 2. The Kier molecular flexibility index (Phi) is 4.59. The zero-order valence-corrected chi connectivity index (χ0v) is 13.0. The molecule has 8 heteroatoms. The van der Waals surface area contributed by atoms with Crippen LogP contribution in [0.5, 0.6) is 0 Å². The molecule has 1 aliphatic rings. The van der Waals surface area contributed by atoms with Crippen molar-refractivity contribution in [3.05, 3.63) is 46.2 Å². The Bertz CT molecular complexity index is 837. The number of H-pyrrole nitrogens is 1. The van der Waals surface area contributed by atoms with E-state index in [1.165, 1.54) is 15.8 Å². The number of benzene rings is 1. The zero-order chi connectivity index (χ0) is 17.1. The van der Waals surface area contributed by atoms with Crippen LogP contribution in [0.1, 0.15) is 12.0 Å². The van der Waals surface area contributed by atoms with Gasteiger partial charge in [-0.3, -0.25) is 19.4 Å². The third kappa shape index (κ3) is 3.15. The van der Waals surface area contributed by atoms with Crippen LogP contribution in [0.3, 0.4) is 0 Å². The predicted molar refractivity (Wildman–Crippen MR) is 87.5 cm³/mol. The van der Waals surface area contributed by atoms with E-state index in [2.05, 4.69) is 10.2 Å². The van der Waals surface area contributed by atoms with E-state index in [1.807, 2.05) is 24.3 Å². The van der Waals surface area contributed by atoms with E-state index in [1.54, 1.807) is 0 Å². The van der Waals surface area contributed by atoms with Gasteiger partial charge in [0.1, 0.15) is 0 Å². The van der Waals surface area contributed by atoms with Crippen LogP contribution in [0.2, 0.25) is 0 Å². The maximum Gasteiger partial charge on any atom is 0.267 e. The summed E-state index contributed by atoms with van der Waals surface area (Å²) in [5.74, 6) is -0.146. The summed E-state index contributed by atoms with van der Waals surface area (Å²) >= 11 is 0. The molecule has 0 fully saturated rings. The first-order chi connectivity index (χ1) is 11.6. The second-order valence-corrected chi connectivity index (χ2v) is 5.43. The minimum atomic E-state index is -0.216. The van der Waals surface area contributed by atoms with E-state index in [-0.39, 0.29) is 44.2 Å². The molecule has 0 aliphatic carbocycles. The summed E-state index contributed by atoms with van der Waals surface area (Å²) in [6.07, 6.45) is 0.186. The Morgan fingerprint density at radius 3 is 2.58 bits per heavy atom. The average Bonchev–Trinajstić information content (AvgIpc) is 3.12. The highest BCUT2D eigenvalue weighted by Crippen LogP contribution is 2.21. The lowest BCUT2D eigenvalue weighted by atomic mass is 10.0. The smallest absolute Gasteiger partial charge is 0.267 e. The fraction of sp³-hybridized carbons (Fsp3) is 0.312. The highest BCUT2D eigenvalue weighted by Gasteiger charge is 2.24. The molecule has 0 saturated carbocycles. The maximum atomic E-state index is 11.8. The molecule has 1 amide bonds. The number of rotatable bonds is 6. The number of β-amino-alcohol motifs (C(OH)–C–C–N with tert-alkyl or cyclic N) is 1. The van der Waals surface area contributed by atoms with E-state index in [0.29, 0.717) is 11.4 Å². The van der Waals surface area contributed by atoms with Crippen LogP contribution >= 0.6 is 0 Å². The summed E-state index contributed by atoms with van der Waals surface area (Å²) in [5, 5.41) is 26.4. The number of amides is 1. The van der Waals surface area contributed by atoms with Gasteiger partial charge in [0.2, 0.25) is 5.91 Å². The van der Waals surface area contributed by atoms with Crippen molar-refractivity contribution in [2.75, 3.05) is 19.8 Å². The number of carbonyl (C=O) groups is 1. The van der Waals surface area contributed by atoms with Crippen LogP contribution in [-0.4, -0.2) is 56.4 Å². The lowest BCUT2D eigenvalue weighted by molar-refractivity contribution is -0.129. The molecule has 1 aromatic carbocycles. The van der Waals surface area contributed by atoms with E-state index < -0.39 is 0 Å². The van der Waals surface area contributed by atoms with Crippen LogP contribution in [-0.2, 0) is 11.3 Å². The third-order valence-corrected chi connectivity index (χ3v) is 3.78. The number of hydrazone groups is 1. The highest BCUT2D eigenvalue weighted by molar-refractivity contribution is 6.13. The molecule has 0 saturated heterocycles. The Morgan fingerprint density at radius 2 is 1.83 bits per heavy atom. The fourth-order valence-electron chi connectivity index (χ4n) is 2.61. The molecule has 1 aromatic heterocycles. The molecule has 24 heavy (non-hydrogen) atoms. The summed E-state index contributed by atoms with van der Waals surface area (Å²) in [6.45, 7) is 0.122. The van der Waals surface area contributed by atoms with Gasteiger partial charge in [0, 0.05) is 11.6 Å². The number of nitrogens with zero attached hydrogens (tertiary/aromatic N) is 3. The van der Waals surface area contributed by atoms with E-state index in [9.17, 15) is 9.59 Å². The second kappa shape index (κ2) is 6.81. The second-order valence-electron chi connectivity index (χ2n) is 5.43. The predicted octanol–water partition coefficient (Wildman–Crippen LogP) is -0.236. The Balaban J connectivity index is 1.90. The number of hydrogen-bond donors (Lipinski definition) is 3. The van der Waals surface area contributed by atoms with Crippen LogP contribution in [0.15, 0.2) is 40.2 Å². The number of carbonyl (C=O) groups excluding carboxylic acids is 1. The van der Waals surface area contributed by atoms with Crippen molar-refractivity contribution in [1.29, 1.82) is 0 Å². The Labute approximate surface area is 137 Å². The molecule has 0 bridgehead atoms. The zero-order valence-electron chi connectivity index (χ0n) is 13.0. The minimum absolute atomic E-state index is 0.125. The van der Waals surface area contributed by atoms with Gasteiger partial charge in [-0.1, -0.05) is 18.2 Å². The van der Waals surface area contributed by atoms with Crippen molar-refractivity contribution < 1.29 is 15.0 Å². The SMILES string of the molecule is O=C1CC(c2cccc(-c3cc(=O)n(CCO)[nH]3)c2)=NN1CCO. The molecule has 2 aromatic rings. The van der Waals surface area contributed by atoms with Crippen LogP contribution in [0.25, 0.3) is 11.3 Å². The quantitative estimate of drug-likeness (QED) is 0.679. The standard InChI is InChI=1S/C16H18N4O4/c21-6-4-19-15(23)9-13(17-19)11-2-1-3-12(8-11)14-10-16(24)20(18-14)5-7-22/h1-3,8-9,17,21-22H,4-7,10H2. The number of hydrogen-bond acceptors (Lipinski definition) is 5. The first kappa shape index (κ1) is 16.2. The largest absolute Gasteiger partial charge is 0.394 e. The van der Waals surface area contributed by atoms with E-state index in [0.717, 1.165) is 11.1 Å². The van der Waals surface area contributed by atoms with E-state index >= 15 is 0 Å². The highest BCUT2D eigenvalue weighted by atomic mass is 16.3. The lowest BCUT2D eigenvalue weighted by Crippen LogP contribution is -2.23. The lowest BCUT2D eigenvalue weighted by Gasteiger charge is -2.07. The summed E-state index contributed by atoms with van der Waals surface area (Å²) in [6, 6.07) is 8.84. The molecule has 0 spiro atoms. The van der Waals surface area contributed by atoms with Gasteiger partial charge in [-0.15, -0.1) is 0 Å². The van der Waals surface area contributed by atoms with Gasteiger partial charge in [-0.05, 0) is 11.6 Å². The average molecular weight is 330 g/mol. The van der Waals surface area contributed by atoms with Crippen molar-refractivity contribution >= 4 is 11.6 Å². The monoisotopic (exact) mass is 330 g/mol. The maximum absolute atomic E-state index is 11.8. The Morgan fingerprint density at radius 1 is 1.08 bits per heavy atom. The van der Waals surface area contributed by atoms with Gasteiger partial charge in [-0.25, -0.2) is 5.01 Å². The molecule has 0 atom stereocenters. The van der Waals surface area contributed by atoms with Crippen LogP contribution < -0.4 is 5.56 Å². The minimum Gasteiger partial charge on any atom is -0.394 e. The molecule has 3 N–H and O–H groups in total. The molecular weight excluding hydrogens is 312 g/mol. The summed E-state index contributed by atoms with van der Waals surface area (Å²) in [4.78, 5) is 23.7. The van der Waals surface area contributed by atoms with Crippen LogP contribution in [0, 0.1) is 0 Å². The molecular formula is C16H18N4O4. The Hall–Kier alpha value is -2.71. The van der Waals surface area contributed by atoms with Crippen molar-refractivity contribution in [3.8, 4) is 11.3 Å². The van der Waals surface area contributed by atoms with E-state index in [4.69, 9.17) is 10.2 Å². The number of aromatic nitrogens is 2. The van der Waals surface area contributed by atoms with Crippen molar-refractivity contribution in [1.82, 2.24) is 14.8 Å². The molecule has 1 aliphatic heterocycles. The van der Waals surface area contributed by atoms with Gasteiger partial charge in [-0.2, -0.15) is 5.10 Å². The number of aliphatic hydroxyl groups excluding tert-OH is 2. The molecule has 0 radical (unpaired) electrons. The number of nitrogens with one attached hydrogen (secondary N) is 1. The molecule has 8 nitrogen and oxygen atoms in total. The topological polar surface area (TPSA) is 111 Å². The summed E-state index contributed by atoms with van der Waals surface area (Å²) in [5.41, 5.74) is 2.63. The summed E-state index contributed by atoms with van der Waals surface area (Å²) < 4.78 is 1.33. The third-order valence-electron chi connectivity index (χ3n) is 3.78. The molecule has 2 heterocycles. The fourth-order valence-corrected chi connectivity index (χ4v) is 2.61. The normalized spacial score (nSPS) is 14.3. The van der Waals surface area contributed by atoms with Crippen molar-refractivity contribution in [2.45, 2.75) is 13.0 Å².